The lowest BCUT2D eigenvalue weighted by Crippen LogP contribution is -2.35. The molecule has 1 rings (SSSR count). The van der Waals surface area contributed by atoms with E-state index in [1.54, 1.807) is 24.3 Å². The van der Waals surface area contributed by atoms with Gasteiger partial charge in [-0.3, -0.25) is 9.10 Å². The number of carbonyl (C=O) groups is 1. The number of amides is 1. The van der Waals surface area contributed by atoms with Gasteiger partial charge in [0, 0.05) is 19.5 Å². The van der Waals surface area contributed by atoms with E-state index in [4.69, 9.17) is 11.6 Å². The van der Waals surface area contributed by atoms with Crippen molar-refractivity contribution < 1.29 is 13.2 Å². The van der Waals surface area contributed by atoms with E-state index in [0.29, 0.717) is 17.3 Å². The monoisotopic (exact) mass is 346 g/mol. The van der Waals surface area contributed by atoms with Crippen LogP contribution < -0.4 is 9.62 Å². The maximum atomic E-state index is 11.9. The maximum Gasteiger partial charge on any atom is 0.232 e. The standard InChI is InChI=1S/C15H23ClN2O3S/c1-3-4-7-11-17-15(19)10-12-18(22(2,20)21)14-9-6-5-8-13(14)16/h5-6,8-9H,3-4,7,10-12H2,1-2H3,(H,17,19). The largest absolute Gasteiger partial charge is 0.356 e. The Balaban J connectivity index is 2.65. The lowest BCUT2D eigenvalue weighted by molar-refractivity contribution is -0.120. The number of halogens is 1. The van der Waals surface area contributed by atoms with Crippen LogP contribution in [0.5, 0.6) is 0 Å². The van der Waals surface area contributed by atoms with Crippen LogP contribution >= 0.6 is 11.6 Å². The molecule has 0 spiro atoms. The quantitative estimate of drug-likeness (QED) is 0.699. The highest BCUT2D eigenvalue weighted by atomic mass is 35.5. The topological polar surface area (TPSA) is 66.5 Å². The molecule has 0 aromatic heterocycles. The van der Waals surface area contributed by atoms with Gasteiger partial charge < -0.3 is 5.32 Å². The van der Waals surface area contributed by atoms with Gasteiger partial charge in [0.1, 0.15) is 0 Å². The van der Waals surface area contributed by atoms with Crippen LogP contribution in [0.15, 0.2) is 24.3 Å². The van der Waals surface area contributed by atoms with E-state index in [0.717, 1.165) is 25.5 Å². The van der Waals surface area contributed by atoms with Gasteiger partial charge in [-0.25, -0.2) is 8.42 Å². The second-order valence-electron chi connectivity index (χ2n) is 5.09. The molecule has 0 saturated heterocycles. The van der Waals surface area contributed by atoms with Crippen molar-refractivity contribution in [3.63, 3.8) is 0 Å². The number of hydrogen-bond acceptors (Lipinski definition) is 3. The lowest BCUT2D eigenvalue weighted by atomic mass is 10.2. The molecule has 1 N–H and O–H groups in total. The van der Waals surface area contributed by atoms with Crippen LogP contribution in [0.3, 0.4) is 0 Å². The molecule has 0 bridgehead atoms. The predicted molar refractivity (Wildman–Crippen MR) is 90.8 cm³/mol. The fraction of sp³-hybridized carbons (Fsp3) is 0.533. The van der Waals surface area contributed by atoms with E-state index in [1.807, 2.05) is 0 Å². The Hall–Kier alpha value is -1.27. The molecule has 1 aromatic carbocycles. The van der Waals surface area contributed by atoms with E-state index in [9.17, 15) is 13.2 Å². The zero-order chi connectivity index (χ0) is 16.6. The molecule has 0 radical (unpaired) electrons. The first kappa shape index (κ1) is 18.8. The molecule has 124 valence electrons. The summed E-state index contributed by atoms with van der Waals surface area (Å²) in [4.78, 5) is 11.8. The number of unbranched alkanes of at least 4 members (excludes halogenated alkanes) is 2. The molecule has 5 nitrogen and oxygen atoms in total. The molecule has 7 heteroatoms. The molecular formula is C15H23ClN2O3S. The second-order valence-corrected chi connectivity index (χ2v) is 7.41. The Morgan fingerprint density at radius 1 is 1.27 bits per heavy atom. The number of para-hydroxylation sites is 1. The van der Waals surface area contributed by atoms with Crippen LogP contribution in [0, 0.1) is 0 Å². The average Bonchev–Trinajstić information content (AvgIpc) is 2.44. The number of anilines is 1. The summed E-state index contributed by atoms with van der Waals surface area (Å²) in [6, 6.07) is 6.69. The molecule has 22 heavy (non-hydrogen) atoms. The first-order chi connectivity index (χ1) is 10.4. The Labute approximate surface area is 137 Å². The molecule has 0 unspecified atom stereocenters. The summed E-state index contributed by atoms with van der Waals surface area (Å²) in [5, 5.41) is 3.14. The number of sulfonamides is 1. The fourth-order valence-corrected chi connectivity index (χ4v) is 3.24. The molecule has 0 fully saturated rings. The summed E-state index contributed by atoms with van der Waals surface area (Å²) in [7, 11) is -3.50. The number of rotatable bonds is 9. The number of benzene rings is 1. The number of carbonyl (C=O) groups excluding carboxylic acids is 1. The molecule has 0 atom stereocenters. The molecular weight excluding hydrogens is 324 g/mol. The zero-order valence-corrected chi connectivity index (χ0v) is 14.6. The highest BCUT2D eigenvalue weighted by molar-refractivity contribution is 7.92. The van der Waals surface area contributed by atoms with Crippen molar-refractivity contribution in [1.29, 1.82) is 0 Å². The SMILES string of the molecule is CCCCCNC(=O)CCN(c1ccccc1Cl)S(C)(=O)=O. The van der Waals surface area contributed by atoms with Crippen LogP contribution in [-0.4, -0.2) is 33.7 Å². The van der Waals surface area contributed by atoms with Crippen LogP contribution in [-0.2, 0) is 14.8 Å². The highest BCUT2D eigenvalue weighted by Gasteiger charge is 2.20. The van der Waals surface area contributed by atoms with Gasteiger partial charge in [-0.1, -0.05) is 43.5 Å². The summed E-state index contributed by atoms with van der Waals surface area (Å²) >= 11 is 6.05. The molecule has 0 heterocycles. The minimum absolute atomic E-state index is 0.0716. The summed E-state index contributed by atoms with van der Waals surface area (Å²) in [6.07, 6.45) is 4.29. The van der Waals surface area contributed by atoms with Gasteiger partial charge in [0.2, 0.25) is 15.9 Å². The van der Waals surface area contributed by atoms with Gasteiger partial charge in [-0.2, -0.15) is 0 Å². The lowest BCUT2D eigenvalue weighted by Gasteiger charge is -2.23. The van der Waals surface area contributed by atoms with Crippen molar-refractivity contribution in [2.75, 3.05) is 23.7 Å². The Morgan fingerprint density at radius 3 is 2.55 bits per heavy atom. The minimum atomic E-state index is -3.50. The van der Waals surface area contributed by atoms with Crippen molar-refractivity contribution in [3.8, 4) is 0 Å². The third-order valence-corrected chi connectivity index (χ3v) is 4.67. The van der Waals surface area contributed by atoms with Crippen molar-refractivity contribution in [2.45, 2.75) is 32.6 Å². The average molecular weight is 347 g/mol. The van der Waals surface area contributed by atoms with E-state index >= 15 is 0 Å². The summed E-state index contributed by atoms with van der Waals surface area (Å²) < 4.78 is 25.0. The molecule has 1 amide bonds. The minimum Gasteiger partial charge on any atom is -0.356 e. The van der Waals surface area contributed by atoms with E-state index < -0.39 is 10.0 Å². The third kappa shape index (κ3) is 6.23. The zero-order valence-electron chi connectivity index (χ0n) is 13.0. The van der Waals surface area contributed by atoms with E-state index in [-0.39, 0.29) is 18.9 Å². The molecule has 0 aliphatic rings. The van der Waals surface area contributed by atoms with Crippen LogP contribution in [0.25, 0.3) is 0 Å². The third-order valence-electron chi connectivity index (χ3n) is 3.17. The van der Waals surface area contributed by atoms with Gasteiger partial charge in [0.25, 0.3) is 0 Å². The van der Waals surface area contributed by atoms with Crippen molar-refractivity contribution in [1.82, 2.24) is 5.32 Å². The van der Waals surface area contributed by atoms with Crippen LogP contribution in [0.4, 0.5) is 5.69 Å². The Kier molecular flexibility index (Phi) is 7.68. The first-order valence-corrected chi connectivity index (χ1v) is 9.57. The normalized spacial score (nSPS) is 11.2. The van der Waals surface area contributed by atoms with Crippen molar-refractivity contribution >= 4 is 33.2 Å². The van der Waals surface area contributed by atoms with Gasteiger partial charge in [-0.05, 0) is 18.6 Å². The molecule has 0 aliphatic heterocycles. The summed E-state index contributed by atoms with van der Waals surface area (Å²) in [5.74, 6) is -0.156. The van der Waals surface area contributed by atoms with Crippen LogP contribution in [0.1, 0.15) is 32.6 Å². The van der Waals surface area contributed by atoms with E-state index in [1.165, 1.54) is 4.31 Å². The van der Waals surface area contributed by atoms with Gasteiger partial charge in [-0.15, -0.1) is 0 Å². The van der Waals surface area contributed by atoms with Gasteiger partial charge in [0.05, 0.1) is 17.0 Å². The Bertz CT molecular complexity index is 590. The first-order valence-electron chi connectivity index (χ1n) is 7.35. The highest BCUT2D eigenvalue weighted by Crippen LogP contribution is 2.27. The fourth-order valence-electron chi connectivity index (χ4n) is 2.01. The number of nitrogens with one attached hydrogen (secondary N) is 1. The number of nitrogens with zero attached hydrogens (tertiary/aromatic N) is 1. The van der Waals surface area contributed by atoms with Crippen molar-refractivity contribution in [2.24, 2.45) is 0 Å². The number of hydrogen-bond donors (Lipinski definition) is 1. The van der Waals surface area contributed by atoms with Crippen molar-refractivity contribution in [3.05, 3.63) is 29.3 Å². The Morgan fingerprint density at radius 2 is 1.95 bits per heavy atom. The summed E-state index contributed by atoms with van der Waals surface area (Å²) in [5.41, 5.74) is 0.394. The van der Waals surface area contributed by atoms with Gasteiger partial charge >= 0.3 is 0 Å². The maximum absolute atomic E-state index is 11.9. The molecule has 0 aliphatic carbocycles. The molecule has 0 saturated carbocycles. The molecule has 1 aromatic rings. The smallest absolute Gasteiger partial charge is 0.232 e. The van der Waals surface area contributed by atoms with Gasteiger partial charge in [0.15, 0.2) is 0 Å². The second kappa shape index (κ2) is 9.00. The van der Waals surface area contributed by atoms with E-state index in [2.05, 4.69) is 12.2 Å². The van der Waals surface area contributed by atoms with Crippen LogP contribution in [0.2, 0.25) is 5.02 Å². The predicted octanol–water partition coefficient (Wildman–Crippen LogP) is 2.80. The summed E-state index contributed by atoms with van der Waals surface area (Å²) in [6.45, 7) is 2.79.